The largest absolute Gasteiger partial charge is 0.0882 e. The lowest BCUT2D eigenvalue weighted by Crippen LogP contribution is -1.87. The van der Waals surface area contributed by atoms with Crippen LogP contribution in [0.1, 0.15) is 19.3 Å². The molecule has 0 amide bonds. The van der Waals surface area contributed by atoms with Gasteiger partial charge in [-0.1, -0.05) is 12.2 Å². The Kier molecular flexibility index (Phi) is 1.50. The van der Waals surface area contributed by atoms with Crippen molar-refractivity contribution in [1.29, 1.82) is 0 Å². The van der Waals surface area contributed by atoms with Crippen LogP contribution in [-0.4, -0.2) is 0 Å². The third kappa shape index (κ3) is 1.05. The van der Waals surface area contributed by atoms with Crippen LogP contribution >= 0.6 is 0 Å². The van der Waals surface area contributed by atoms with Gasteiger partial charge in [-0.2, -0.15) is 0 Å². The lowest BCUT2D eigenvalue weighted by Gasteiger charge is -1.99. The van der Waals surface area contributed by atoms with E-state index in [0.717, 1.165) is 12.3 Å². The first-order valence-electron chi connectivity index (χ1n) is 2.78. The Morgan fingerprint density at radius 1 is 1.43 bits per heavy atom. The summed E-state index contributed by atoms with van der Waals surface area (Å²) in [7, 11) is 0. The molecule has 0 nitrogen and oxygen atoms in total. The summed E-state index contributed by atoms with van der Waals surface area (Å²) in [5.41, 5.74) is 0. The average molecular weight is 94.2 g/mol. The highest BCUT2D eigenvalue weighted by Crippen LogP contribution is 2.19. The SMILES string of the molecule is [CH]CC1CC=CC1. The smallest absolute Gasteiger partial charge is 0.0319 e. The summed E-state index contributed by atoms with van der Waals surface area (Å²) in [6, 6.07) is 0. The molecule has 0 heteroatoms. The van der Waals surface area contributed by atoms with E-state index < -0.39 is 0 Å². The fourth-order valence-electron chi connectivity index (χ4n) is 0.866. The maximum Gasteiger partial charge on any atom is -0.0319 e. The molecule has 0 aromatic rings. The van der Waals surface area contributed by atoms with E-state index in [1.54, 1.807) is 0 Å². The molecule has 7 heavy (non-hydrogen) atoms. The Morgan fingerprint density at radius 2 is 2.00 bits per heavy atom. The van der Waals surface area contributed by atoms with Gasteiger partial charge in [0.15, 0.2) is 0 Å². The molecule has 1 aliphatic carbocycles. The van der Waals surface area contributed by atoms with Gasteiger partial charge >= 0.3 is 0 Å². The monoisotopic (exact) mass is 94.1 g/mol. The molecule has 0 heterocycles. The van der Waals surface area contributed by atoms with Gasteiger partial charge in [-0.25, -0.2) is 0 Å². The van der Waals surface area contributed by atoms with Crippen LogP contribution in [0.15, 0.2) is 12.2 Å². The Bertz CT molecular complexity index is 64.1. The molecule has 0 saturated carbocycles. The van der Waals surface area contributed by atoms with Crippen molar-refractivity contribution in [3.8, 4) is 0 Å². The second kappa shape index (κ2) is 2.15. The molecular formula is C7H10. The zero-order chi connectivity index (χ0) is 5.11. The Hall–Kier alpha value is -0.260. The molecule has 0 aliphatic heterocycles. The third-order valence-corrected chi connectivity index (χ3v) is 1.44. The molecule has 2 radical (unpaired) electrons. The number of rotatable bonds is 1. The number of allylic oxidation sites excluding steroid dienone is 2. The summed E-state index contributed by atoms with van der Waals surface area (Å²) >= 11 is 0. The van der Waals surface area contributed by atoms with Crippen LogP contribution in [0.4, 0.5) is 0 Å². The van der Waals surface area contributed by atoms with E-state index in [1.807, 2.05) is 0 Å². The molecule has 0 unspecified atom stereocenters. The standard InChI is InChI=1S/C7H10/c1-2-7-5-3-4-6-7/h1,3-4,7H,2,5-6H2. The van der Waals surface area contributed by atoms with Gasteiger partial charge in [0.25, 0.3) is 0 Å². The summed E-state index contributed by atoms with van der Waals surface area (Å²) in [4.78, 5) is 0. The van der Waals surface area contributed by atoms with Crippen molar-refractivity contribution in [2.45, 2.75) is 19.3 Å². The highest BCUT2D eigenvalue weighted by atomic mass is 14.1. The highest BCUT2D eigenvalue weighted by Gasteiger charge is 2.05. The van der Waals surface area contributed by atoms with Gasteiger partial charge in [0.1, 0.15) is 0 Å². The summed E-state index contributed by atoms with van der Waals surface area (Å²) in [5.74, 6) is 0.764. The third-order valence-electron chi connectivity index (χ3n) is 1.44. The summed E-state index contributed by atoms with van der Waals surface area (Å²) in [5, 5.41) is 0. The summed E-state index contributed by atoms with van der Waals surface area (Å²) < 4.78 is 0. The zero-order valence-electron chi connectivity index (χ0n) is 4.43. The van der Waals surface area contributed by atoms with Crippen LogP contribution in [0.5, 0.6) is 0 Å². The van der Waals surface area contributed by atoms with Gasteiger partial charge in [0, 0.05) is 0 Å². The van der Waals surface area contributed by atoms with E-state index in [1.165, 1.54) is 12.8 Å². The molecule has 0 bridgehead atoms. The summed E-state index contributed by atoms with van der Waals surface area (Å²) in [6.45, 7) is 5.39. The van der Waals surface area contributed by atoms with Crippen molar-refractivity contribution in [2.75, 3.05) is 0 Å². The van der Waals surface area contributed by atoms with Crippen LogP contribution in [0.25, 0.3) is 0 Å². The minimum Gasteiger partial charge on any atom is -0.0882 e. The zero-order valence-corrected chi connectivity index (χ0v) is 4.43. The van der Waals surface area contributed by atoms with E-state index in [4.69, 9.17) is 6.92 Å². The number of hydrogen-bond donors (Lipinski definition) is 0. The fraction of sp³-hybridized carbons (Fsp3) is 0.571. The van der Waals surface area contributed by atoms with Crippen molar-refractivity contribution in [2.24, 2.45) is 5.92 Å². The lowest BCUT2D eigenvalue weighted by molar-refractivity contribution is 0.578. The van der Waals surface area contributed by atoms with Crippen molar-refractivity contribution in [1.82, 2.24) is 0 Å². The van der Waals surface area contributed by atoms with Gasteiger partial charge in [-0.15, -0.1) is 0 Å². The van der Waals surface area contributed by atoms with Crippen molar-refractivity contribution in [3.05, 3.63) is 19.1 Å². The van der Waals surface area contributed by atoms with Crippen molar-refractivity contribution >= 4 is 0 Å². The minimum atomic E-state index is 0.764. The topological polar surface area (TPSA) is 0 Å². The molecule has 0 atom stereocenters. The van der Waals surface area contributed by atoms with Crippen molar-refractivity contribution in [3.63, 3.8) is 0 Å². The molecule has 38 valence electrons. The van der Waals surface area contributed by atoms with Crippen LogP contribution in [0.2, 0.25) is 0 Å². The average Bonchev–Trinajstić information content (AvgIpc) is 2.14. The summed E-state index contributed by atoms with van der Waals surface area (Å²) in [6.07, 6.45) is 7.68. The van der Waals surface area contributed by atoms with E-state index in [-0.39, 0.29) is 0 Å². The maximum absolute atomic E-state index is 5.39. The minimum absolute atomic E-state index is 0.764. The van der Waals surface area contributed by atoms with Crippen molar-refractivity contribution < 1.29 is 0 Å². The highest BCUT2D eigenvalue weighted by molar-refractivity contribution is 4.93. The molecular weight excluding hydrogens is 84.1 g/mol. The molecule has 0 N–H and O–H groups in total. The molecule has 1 aliphatic rings. The molecule has 0 saturated heterocycles. The maximum atomic E-state index is 5.39. The molecule has 0 fully saturated rings. The van der Waals surface area contributed by atoms with Gasteiger partial charge in [-0.05, 0) is 32.1 Å². The normalized spacial score (nSPS) is 21.3. The van der Waals surface area contributed by atoms with E-state index in [9.17, 15) is 0 Å². The van der Waals surface area contributed by atoms with Gasteiger partial charge in [0.2, 0.25) is 0 Å². The fourth-order valence-corrected chi connectivity index (χ4v) is 0.866. The Labute approximate surface area is 45.2 Å². The van der Waals surface area contributed by atoms with Crippen LogP contribution in [-0.2, 0) is 0 Å². The van der Waals surface area contributed by atoms with E-state index in [2.05, 4.69) is 12.2 Å². The molecule has 0 aromatic heterocycles. The Morgan fingerprint density at radius 3 is 2.29 bits per heavy atom. The predicted molar refractivity (Wildman–Crippen MR) is 30.8 cm³/mol. The first-order chi connectivity index (χ1) is 3.43. The van der Waals surface area contributed by atoms with Crippen LogP contribution in [0.3, 0.4) is 0 Å². The molecule has 1 rings (SSSR count). The second-order valence-electron chi connectivity index (χ2n) is 2.04. The lowest BCUT2D eigenvalue weighted by atomic mass is 10.1. The van der Waals surface area contributed by atoms with Crippen LogP contribution in [0, 0.1) is 12.8 Å². The van der Waals surface area contributed by atoms with Gasteiger partial charge in [-0.3, -0.25) is 0 Å². The van der Waals surface area contributed by atoms with Crippen LogP contribution < -0.4 is 0 Å². The molecule has 0 aromatic carbocycles. The first-order valence-corrected chi connectivity index (χ1v) is 2.78. The van der Waals surface area contributed by atoms with E-state index >= 15 is 0 Å². The number of hydrogen-bond acceptors (Lipinski definition) is 0. The Balaban J connectivity index is 2.22. The quantitative estimate of drug-likeness (QED) is 0.436. The van der Waals surface area contributed by atoms with E-state index in [0.29, 0.717) is 0 Å². The second-order valence-corrected chi connectivity index (χ2v) is 2.04. The molecule has 0 spiro atoms. The first kappa shape index (κ1) is 4.89. The predicted octanol–water partition coefficient (Wildman–Crippen LogP) is 2.05. The van der Waals surface area contributed by atoms with Gasteiger partial charge in [0.05, 0.1) is 0 Å². The van der Waals surface area contributed by atoms with Gasteiger partial charge < -0.3 is 0 Å².